The maximum absolute atomic E-state index is 6.87. The molecule has 11 aromatic carbocycles. The number of furan rings is 2. The van der Waals surface area contributed by atoms with Crippen LogP contribution in [-0.4, -0.2) is 4.57 Å². The fourth-order valence-corrected chi connectivity index (χ4v) is 12.7. The van der Waals surface area contributed by atoms with Crippen LogP contribution in [0.4, 0.5) is 17.1 Å². The molecule has 4 heteroatoms. The minimum absolute atomic E-state index is 0.496. The van der Waals surface area contributed by atoms with E-state index in [9.17, 15) is 0 Å². The average Bonchev–Trinajstić information content (AvgIpc) is 4.23. The van der Waals surface area contributed by atoms with Crippen LogP contribution in [0.3, 0.4) is 0 Å². The van der Waals surface area contributed by atoms with E-state index < -0.39 is 5.41 Å². The van der Waals surface area contributed by atoms with Crippen LogP contribution in [0.1, 0.15) is 22.3 Å². The summed E-state index contributed by atoms with van der Waals surface area (Å²) in [5.74, 6) is 0. The van der Waals surface area contributed by atoms with Gasteiger partial charge in [0.1, 0.15) is 16.7 Å². The summed E-state index contributed by atoms with van der Waals surface area (Å²) in [5, 5.41) is 6.69. The number of rotatable bonds is 5. The molecule has 3 heterocycles. The van der Waals surface area contributed by atoms with Gasteiger partial charge in [-0.05, 0) is 111 Å². The van der Waals surface area contributed by atoms with E-state index in [4.69, 9.17) is 8.83 Å². The molecule has 0 fully saturated rings. The average molecular weight is 905 g/mol. The molecule has 0 aliphatic heterocycles. The Morgan fingerprint density at radius 3 is 1.63 bits per heavy atom. The summed E-state index contributed by atoms with van der Waals surface area (Å²) in [6, 6.07) is 88.6. The molecule has 0 bridgehead atoms. The molecule has 0 N–H and O–H groups in total. The van der Waals surface area contributed by atoms with Crippen LogP contribution in [0.2, 0.25) is 0 Å². The Balaban J connectivity index is 0.995. The first-order chi connectivity index (χ1) is 35.2. The van der Waals surface area contributed by atoms with E-state index in [1.54, 1.807) is 0 Å². The number of hydrogen-bond donors (Lipinski definition) is 0. The highest BCUT2D eigenvalue weighted by Gasteiger charge is 2.52. The molecule has 71 heavy (non-hydrogen) atoms. The van der Waals surface area contributed by atoms with E-state index >= 15 is 0 Å². The van der Waals surface area contributed by atoms with E-state index in [0.29, 0.717) is 0 Å². The van der Waals surface area contributed by atoms with Crippen LogP contribution in [0.25, 0.3) is 105 Å². The molecule has 14 aromatic rings. The van der Waals surface area contributed by atoms with Gasteiger partial charge in [0.2, 0.25) is 0 Å². The highest BCUT2D eigenvalue weighted by Crippen LogP contribution is 2.64. The van der Waals surface area contributed by atoms with Crippen molar-refractivity contribution in [3.05, 3.63) is 265 Å². The van der Waals surface area contributed by atoms with Crippen LogP contribution in [0.5, 0.6) is 0 Å². The summed E-state index contributed by atoms with van der Waals surface area (Å²) in [6.45, 7) is 0. The van der Waals surface area contributed by atoms with Crippen molar-refractivity contribution in [2.75, 3.05) is 4.90 Å². The van der Waals surface area contributed by atoms with Gasteiger partial charge in [0.25, 0.3) is 0 Å². The number of nitrogens with zero attached hydrogens (tertiary/aromatic N) is 2. The van der Waals surface area contributed by atoms with Gasteiger partial charge in [-0.2, -0.15) is 0 Å². The van der Waals surface area contributed by atoms with Gasteiger partial charge in [-0.3, -0.25) is 0 Å². The second kappa shape index (κ2) is 14.3. The number of fused-ring (bicyclic) bond motifs is 20. The number of aromatic nitrogens is 1. The lowest BCUT2D eigenvalue weighted by Crippen LogP contribution is -2.26. The lowest BCUT2D eigenvalue weighted by molar-refractivity contribution is 0.669. The van der Waals surface area contributed by atoms with Crippen molar-refractivity contribution in [1.82, 2.24) is 4.57 Å². The van der Waals surface area contributed by atoms with Crippen molar-refractivity contribution in [3.63, 3.8) is 0 Å². The Bertz CT molecular complexity index is 4490. The Kier molecular flexibility index (Phi) is 7.79. The summed E-state index contributed by atoms with van der Waals surface area (Å²) >= 11 is 0. The van der Waals surface area contributed by atoms with Gasteiger partial charge in [0, 0.05) is 61.0 Å². The molecule has 1 spiro atoms. The predicted molar refractivity (Wildman–Crippen MR) is 292 cm³/mol. The molecular weight excluding hydrogens is 865 g/mol. The monoisotopic (exact) mass is 904 g/mol. The highest BCUT2D eigenvalue weighted by molar-refractivity contribution is 6.22. The fourth-order valence-electron chi connectivity index (χ4n) is 12.7. The Morgan fingerprint density at radius 2 is 0.887 bits per heavy atom. The van der Waals surface area contributed by atoms with Gasteiger partial charge in [-0.25, -0.2) is 0 Å². The minimum atomic E-state index is -0.496. The standard InChI is InChI=1S/C67H40N2O2/c1-2-15-41(16-3-1)42-29-31-43(32-30-42)69-60-39-44(33-35-48(60)52-37-38-53-50-20-8-13-28-62(50)71-66(53)65(52)69)68(45-34-36-51-49-19-7-12-27-61(49)70-63(51)40-45)59-26-14-25-58-64(59)54-21-6-11-24-57(54)67(58)55-22-9-4-17-46(55)47-18-5-10-23-56(47)67/h1-40H. The van der Waals surface area contributed by atoms with Gasteiger partial charge < -0.3 is 18.3 Å². The molecule has 3 aromatic heterocycles. The summed E-state index contributed by atoms with van der Waals surface area (Å²) in [6.07, 6.45) is 0. The molecule has 0 radical (unpaired) electrons. The van der Waals surface area contributed by atoms with E-state index in [-0.39, 0.29) is 0 Å². The van der Waals surface area contributed by atoms with Crippen LogP contribution in [0, 0.1) is 0 Å². The molecule has 0 saturated heterocycles. The zero-order chi connectivity index (χ0) is 46.4. The number of para-hydroxylation sites is 2. The van der Waals surface area contributed by atoms with Crippen molar-refractivity contribution >= 4 is 82.7 Å². The van der Waals surface area contributed by atoms with Gasteiger partial charge in [0.05, 0.1) is 22.1 Å². The van der Waals surface area contributed by atoms with Gasteiger partial charge in [0.15, 0.2) is 5.58 Å². The van der Waals surface area contributed by atoms with Crippen molar-refractivity contribution < 1.29 is 8.83 Å². The van der Waals surface area contributed by atoms with Crippen molar-refractivity contribution in [2.45, 2.75) is 5.41 Å². The quantitative estimate of drug-likeness (QED) is 0.173. The van der Waals surface area contributed by atoms with E-state index in [1.807, 2.05) is 12.1 Å². The molecule has 0 saturated carbocycles. The zero-order valence-corrected chi connectivity index (χ0v) is 38.3. The number of hydrogen-bond acceptors (Lipinski definition) is 3. The second-order valence-corrected chi connectivity index (χ2v) is 19.1. The van der Waals surface area contributed by atoms with Crippen LogP contribution >= 0.6 is 0 Å². The predicted octanol–water partition coefficient (Wildman–Crippen LogP) is 18.1. The van der Waals surface area contributed by atoms with Gasteiger partial charge >= 0.3 is 0 Å². The third kappa shape index (κ3) is 5.18. The third-order valence-corrected chi connectivity index (χ3v) is 15.6. The van der Waals surface area contributed by atoms with E-state index in [2.05, 4.69) is 240 Å². The van der Waals surface area contributed by atoms with Crippen LogP contribution < -0.4 is 4.90 Å². The molecule has 0 atom stereocenters. The van der Waals surface area contributed by atoms with Crippen molar-refractivity contribution in [1.29, 1.82) is 0 Å². The maximum Gasteiger partial charge on any atom is 0.160 e. The molecule has 0 amide bonds. The molecule has 0 unspecified atom stereocenters. The lowest BCUT2D eigenvalue weighted by Gasteiger charge is -2.31. The number of benzene rings is 11. The lowest BCUT2D eigenvalue weighted by atomic mass is 9.70. The largest absolute Gasteiger partial charge is 0.456 e. The topological polar surface area (TPSA) is 34.5 Å². The van der Waals surface area contributed by atoms with E-state index in [1.165, 1.54) is 55.6 Å². The normalized spacial score (nSPS) is 13.2. The first-order valence-corrected chi connectivity index (χ1v) is 24.4. The Morgan fingerprint density at radius 1 is 0.352 bits per heavy atom. The number of anilines is 3. The smallest absolute Gasteiger partial charge is 0.160 e. The Labute approximate surface area is 408 Å². The summed E-state index contributed by atoms with van der Waals surface area (Å²) < 4.78 is 16.0. The van der Waals surface area contributed by atoms with Gasteiger partial charge in [-0.1, -0.05) is 176 Å². The molecule has 330 valence electrons. The molecule has 2 aliphatic rings. The van der Waals surface area contributed by atoms with Crippen molar-refractivity contribution in [2.24, 2.45) is 0 Å². The minimum Gasteiger partial charge on any atom is -0.456 e. The first kappa shape index (κ1) is 38.6. The first-order valence-electron chi connectivity index (χ1n) is 24.4. The summed E-state index contributed by atoms with van der Waals surface area (Å²) in [7, 11) is 0. The second-order valence-electron chi connectivity index (χ2n) is 19.1. The zero-order valence-electron chi connectivity index (χ0n) is 38.3. The highest BCUT2D eigenvalue weighted by atomic mass is 16.3. The van der Waals surface area contributed by atoms with Crippen molar-refractivity contribution in [3.8, 4) is 39.1 Å². The van der Waals surface area contributed by atoms with Gasteiger partial charge in [-0.15, -0.1) is 0 Å². The Hall–Kier alpha value is -9.38. The molecule has 2 aliphatic carbocycles. The fraction of sp³-hybridized carbons (Fsp3) is 0.0149. The molecule has 4 nitrogen and oxygen atoms in total. The summed E-state index contributed by atoms with van der Waals surface area (Å²) in [5.41, 5.74) is 21.9. The summed E-state index contributed by atoms with van der Waals surface area (Å²) in [4.78, 5) is 2.46. The SMILES string of the molecule is c1ccc(-c2ccc(-n3c4cc(N(c5ccc6c(c5)oc5ccccc56)c5cccc6c5-c5ccccc5C65c6ccccc6-c6ccccc65)ccc4c4ccc5c6ccccc6oc5c43)cc2)cc1. The molecule has 16 rings (SSSR count). The third-order valence-electron chi connectivity index (χ3n) is 15.6. The van der Waals surface area contributed by atoms with Crippen LogP contribution in [0.15, 0.2) is 251 Å². The van der Waals surface area contributed by atoms with E-state index in [0.717, 1.165) is 88.4 Å². The van der Waals surface area contributed by atoms with Crippen LogP contribution in [-0.2, 0) is 5.41 Å². The maximum atomic E-state index is 6.87. The molecular formula is C67H40N2O2.